The quantitative estimate of drug-likeness (QED) is 0.588. The molecule has 3 aromatic heterocycles. The maximum absolute atomic E-state index is 9.40. The fourth-order valence-corrected chi connectivity index (χ4v) is 2.42. The molecular weight excluding hydrogens is 328 g/mol. The summed E-state index contributed by atoms with van der Waals surface area (Å²) in [6.07, 6.45) is 4.84. The van der Waals surface area contributed by atoms with Crippen LogP contribution in [0.25, 0.3) is 22.4 Å². The van der Waals surface area contributed by atoms with E-state index in [1.807, 2.05) is 12.1 Å². The van der Waals surface area contributed by atoms with Gasteiger partial charge in [0, 0.05) is 11.8 Å². The van der Waals surface area contributed by atoms with Gasteiger partial charge < -0.3 is 10.4 Å². The Hall–Kier alpha value is -4.05. The number of anilines is 2. The van der Waals surface area contributed by atoms with Crippen LogP contribution >= 0.6 is 0 Å². The molecular formula is C19H12N6O. The van der Waals surface area contributed by atoms with Crippen molar-refractivity contribution in [1.82, 2.24) is 19.9 Å². The first-order valence-electron chi connectivity index (χ1n) is 7.77. The number of aromatic nitrogens is 4. The molecule has 1 aromatic carbocycles. The fraction of sp³-hybridized carbons (Fsp3) is 0. The summed E-state index contributed by atoms with van der Waals surface area (Å²) in [5.41, 5.74) is 3.38. The summed E-state index contributed by atoms with van der Waals surface area (Å²) >= 11 is 0. The van der Waals surface area contributed by atoms with E-state index >= 15 is 0 Å². The minimum absolute atomic E-state index is 0.192. The molecule has 0 aliphatic carbocycles. The minimum Gasteiger partial charge on any atom is -0.508 e. The van der Waals surface area contributed by atoms with Crippen molar-refractivity contribution in [2.75, 3.05) is 5.32 Å². The Labute approximate surface area is 148 Å². The maximum Gasteiger partial charge on any atom is 0.159 e. The lowest BCUT2D eigenvalue weighted by Crippen LogP contribution is -1.96. The van der Waals surface area contributed by atoms with Gasteiger partial charge in [-0.15, -0.1) is 0 Å². The number of nitrogens with one attached hydrogen (secondary N) is 1. The highest BCUT2D eigenvalue weighted by Crippen LogP contribution is 2.22. The van der Waals surface area contributed by atoms with E-state index in [1.54, 1.807) is 48.8 Å². The predicted molar refractivity (Wildman–Crippen MR) is 96.7 cm³/mol. The molecule has 0 bridgehead atoms. The zero-order valence-electron chi connectivity index (χ0n) is 13.5. The van der Waals surface area contributed by atoms with E-state index in [0.717, 1.165) is 11.3 Å². The number of hydrogen-bond acceptors (Lipinski definition) is 7. The normalized spacial score (nSPS) is 10.4. The van der Waals surface area contributed by atoms with Crippen LogP contribution in [0.15, 0.2) is 61.1 Å². The number of benzene rings is 1. The van der Waals surface area contributed by atoms with Crippen molar-refractivity contribution in [1.29, 1.82) is 5.26 Å². The molecule has 0 spiro atoms. The van der Waals surface area contributed by atoms with E-state index in [2.05, 4.69) is 25.3 Å². The van der Waals surface area contributed by atoms with Gasteiger partial charge in [-0.25, -0.2) is 15.0 Å². The van der Waals surface area contributed by atoms with E-state index in [4.69, 9.17) is 5.26 Å². The van der Waals surface area contributed by atoms with Gasteiger partial charge in [0.15, 0.2) is 5.82 Å². The lowest BCUT2D eigenvalue weighted by molar-refractivity contribution is 0.475. The third-order valence-electron chi connectivity index (χ3n) is 3.72. The van der Waals surface area contributed by atoms with Gasteiger partial charge in [-0.05, 0) is 42.5 Å². The van der Waals surface area contributed by atoms with Crippen molar-refractivity contribution in [2.45, 2.75) is 0 Å². The summed E-state index contributed by atoms with van der Waals surface area (Å²) in [6.45, 7) is 0. The molecule has 0 unspecified atom stereocenters. The standard InChI is InChI=1S/C19H12N6O/c20-8-12-1-6-18(22-9-12)24-14-7-16-17(21-10-14)11-23-19(25-16)13-2-4-15(26)5-3-13/h1-7,9-11,26H,(H,22,24). The molecule has 0 aliphatic heterocycles. The Bertz CT molecular complexity index is 1120. The van der Waals surface area contributed by atoms with Crippen molar-refractivity contribution in [3.8, 4) is 23.2 Å². The molecule has 2 N–H and O–H groups in total. The van der Waals surface area contributed by atoms with Crippen LogP contribution in [0, 0.1) is 11.3 Å². The highest BCUT2D eigenvalue weighted by molar-refractivity contribution is 5.79. The second-order valence-corrected chi connectivity index (χ2v) is 5.54. The molecule has 4 aromatic rings. The van der Waals surface area contributed by atoms with Gasteiger partial charge in [0.2, 0.25) is 0 Å². The number of phenolic OH excluding ortho intramolecular Hbond substituents is 1. The van der Waals surface area contributed by atoms with Gasteiger partial charge >= 0.3 is 0 Å². The monoisotopic (exact) mass is 340 g/mol. The zero-order valence-corrected chi connectivity index (χ0v) is 13.5. The number of pyridine rings is 2. The maximum atomic E-state index is 9.40. The molecule has 3 heterocycles. The fourth-order valence-electron chi connectivity index (χ4n) is 2.42. The summed E-state index contributed by atoms with van der Waals surface area (Å²) in [4.78, 5) is 17.4. The Morgan fingerprint density at radius 2 is 1.73 bits per heavy atom. The average Bonchev–Trinajstić information content (AvgIpc) is 2.68. The van der Waals surface area contributed by atoms with Crippen molar-refractivity contribution < 1.29 is 5.11 Å². The van der Waals surface area contributed by atoms with E-state index in [9.17, 15) is 5.11 Å². The van der Waals surface area contributed by atoms with Crippen LogP contribution in [0.3, 0.4) is 0 Å². The second-order valence-electron chi connectivity index (χ2n) is 5.54. The number of aromatic hydroxyl groups is 1. The summed E-state index contributed by atoms with van der Waals surface area (Å²) < 4.78 is 0. The number of hydrogen-bond donors (Lipinski definition) is 2. The van der Waals surface area contributed by atoms with Crippen molar-refractivity contribution in [3.63, 3.8) is 0 Å². The molecule has 7 heteroatoms. The zero-order chi connectivity index (χ0) is 17.9. The van der Waals surface area contributed by atoms with Crippen LogP contribution in [-0.2, 0) is 0 Å². The van der Waals surface area contributed by atoms with Gasteiger partial charge in [0.1, 0.15) is 23.2 Å². The highest BCUT2D eigenvalue weighted by Gasteiger charge is 2.06. The van der Waals surface area contributed by atoms with Gasteiger partial charge in [0.05, 0.1) is 29.2 Å². The molecule has 0 aliphatic rings. The number of fused-ring (bicyclic) bond motifs is 1. The van der Waals surface area contributed by atoms with Crippen molar-refractivity contribution in [3.05, 3.63) is 66.6 Å². The molecule has 0 fully saturated rings. The lowest BCUT2D eigenvalue weighted by Gasteiger charge is -2.07. The van der Waals surface area contributed by atoms with Crippen LogP contribution in [0.5, 0.6) is 5.75 Å². The third kappa shape index (κ3) is 3.12. The first kappa shape index (κ1) is 15.5. The van der Waals surface area contributed by atoms with E-state index < -0.39 is 0 Å². The molecule has 0 amide bonds. The minimum atomic E-state index is 0.192. The number of phenols is 1. The van der Waals surface area contributed by atoms with Crippen LogP contribution in [0.2, 0.25) is 0 Å². The number of nitriles is 1. The SMILES string of the molecule is N#Cc1ccc(Nc2cnc3cnc(-c4ccc(O)cc4)nc3c2)nc1. The second kappa shape index (κ2) is 6.45. The van der Waals surface area contributed by atoms with Crippen molar-refractivity contribution in [2.24, 2.45) is 0 Å². The highest BCUT2D eigenvalue weighted by atomic mass is 16.3. The van der Waals surface area contributed by atoms with Crippen LogP contribution in [0.4, 0.5) is 11.5 Å². The summed E-state index contributed by atoms with van der Waals surface area (Å²) in [5, 5.41) is 21.4. The smallest absolute Gasteiger partial charge is 0.159 e. The molecule has 26 heavy (non-hydrogen) atoms. The Balaban J connectivity index is 1.66. The molecule has 0 saturated carbocycles. The molecule has 124 valence electrons. The molecule has 0 radical (unpaired) electrons. The van der Waals surface area contributed by atoms with Gasteiger partial charge in [-0.3, -0.25) is 4.98 Å². The van der Waals surface area contributed by atoms with Crippen LogP contribution in [-0.4, -0.2) is 25.0 Å². The van der Waals surface area contributed by atoms with Crippen LogP contribution < -0.4 is 5.32 Å². The Morgan fingerprint density at radius 1 is 0.885 bits per heavy atom. The molecule has 0 saturated heterocycles. The number of nitrogens with zero attached hydrogens (tertiary/aromatic N) is 5. The topological polar surface area (TPSA) is 108 Å². The van der Waals surface area contributed by atoms with Gasteiger partial charge in [0.25, 0.3) is 0 Å². The van der Waals surface area contributed by atoms with Crippen LogP contribution in [0.1, 0.15) is 5.56 Å². The van der Waals surface area contributed by atoms with Gasteiger partial charge in [-0.1, -0.05) is 0 Å². The molecule has 4 rings (SSSR count). The molecule has 7 nitrogen and oxygen atoms in total. The first-order valence-corrected chi connectivity index (χ1v) is 7.77. The lowest BCUT2D eigenvalue weighted by atomic mass is 10.2. The van der Waals surface area contributed by atoms with E-state index in [1.165, 1.54) is 6.20 Å². The average molecular weight is 340 g/mol. The predicted octanol–water partition coefficient (Wildman–Crippen LogP) is 3.41. The summed E-state index contributed by atoms with van der Waals surface area (Å²) in [5.74, 6) is 1.35. The van der Waals surface area contributed by atoms with Crippen molar-refractivity contribution >= 4 is 22.5 Å². The third-order valence-corrected chi connectivity index (χ3v) is 3.72. The first-order chi connectivity index (χ1) is 12.7. The van der Waals surface area contributed by atoms with E-state index in [-0.39, 0.29) is 5.75 Å². The van der Waals surface area contributed by atoms with Gasteiger partial charge in [-0.2, -0.15) is 5.26 Å². The summed E-state index contributed by atoms with van der Waals surface area (Å²) in [6, 6.07) is 14.0. The summed E-state index contributed by atoms with van der Waals surface area (Å²) in [7, 11) is 0. The largest absolute Gasteiger partial charge is 0.508 e. The number of rotatable bonds is 3. The van der Waals surface area contributed by atoms with E-state index in [0.29, 0.717) is 28.2 Å². The Morgan fingerprint density at radius 3 is 2.46 bits per heavy atom. The molecule has 0 atom stereocenters. The Kier molecular flexibility index (Phi) is 3.84.